The van der Waals surface area contributed by atoms with Gasteiger partial charge in [-0.05, 0) is 20.0 Å². The van der Waals surface area contributed by atoms with Gasteiger partial charge in [-0.2, -0.15) is 4.98 Å². The molecule has 17 heavy (non-hydrogen) atoms. The van der Waals surface area contributed by atoms with E-state index in [0.717, 1.165) is 5.56 Å². The smallest absolute Gasteiger partial charge is 0.243 e. The summed E-state index contributed by atoms with van der Waals surface area (Å²) in [5, 5.41) is 16.5. The van der Waals surface area contributed by atoms with Crippen molar-refractivity contribution in [3.05, 3.63) is 41.5 Å². The predicted octanol–water partition coefficient (Wildman–Crippen LogP) is 1.65. The Morgan fingerprint density at radius 3 is 2.88 bits per heavy atom. The zero-order valence-corrected chi connectivity index (χ0v) is 9.84. The number of aromatic nitrogens is 2. The number of nitrogens with zero attached hydrogens (tertiary/aromatic N) is 2. The summed E-state index contributed by atoms with van der Waals surface area (Å²) in [6, 6.07) is 7.16. The largest absolute Gasteiger partial charge is 0.508 e. The molecule has 0 fully saturated rings. The third-order valence-electron chi connectivity index (χ3n) is 2.63. The monoisotopic (exact) mass is 233 g/mol. The number of nitrogens with one attached hydrogen (secondary N) is 1. The van der Waals surface area contributed by atoms with E-state index in [0.29, 0.717) is 18.1 Å². The fraction of sp³-hybridized carbons (Fsp3) is 0.333. The lowest BCUT2D eigenvalue weighted by molar-refractivity contribution is 0.343. The summed E-state index contributed by atoms with van der Waals surface area (Å²) < 4.78 is 5.12. The summed E-state index contributed by atoms with van der Waals surface area (Å²) in [5.41, 5.74) is 0.789. The number of aromatic hydroxyl groups is 1. The van der Waals surface area contributed by atoms with Crippen LogP contribution in [0.5, 0.6) is 5.75 Å². The highest BCUT2D eigenvalue weighted by molar-refractivity contribution is 5.33. The van der Waals surface area contributed by atoms with Gasteiger partial charge in [0.2, 0.25) is 5.89 Å². The fourth-order valence-electron chi connectivity index (χ4n) is 1.47. The number of rotatable bonds is 4. The van der Waals surface area contributed by atoms with Gasteiger partial charge >= 0.3 is 0 Å². The molecular formula is C12H15N3O2. The molecule has 5 heteroatoms. The summed E-state index contributed by atoms with van der Waals surface area (Å²) in [6.45, 7) is 1.94. The summed E-state index contributed by atoms with van der Waals surface area (Å²) in [4.78, 5) is 4.27. The van der Waals surface area contributed by atoms with E-state index in [1.165, 1.54) is 0 Å². The van der Waals surface area contributed by atoms with Gasteiger partial charge in [-0.25, -0.2) is 0 Å². The summed E-state index contributed by atoms with van der Waals surface area (Å²) in [6.07, 6.45) is 0.465. The van der Waals surface area contributed by atoms with Crippen molar-refractivity contribution in [2.24, 2.45) is 0 Å². The third kappa shape index (κ3) is 2.62. The van der Waals surface area contributed by atoms with E-state index < -0.39 is 0 Å². The van der Waals surface area contributed by atoms with Gasteiger partial charge in [0, 0.05) is 12.0 Å². The van der Waals surface area contributed by atoms with E-state index in [2.05, 4.69) is 15.5 Å². The summed E-state index contributed by atoms with van der Waals surface area (Å²) >= 11 is 0. The molecule has 90 valence electrons. The van der Waals surface area contributed by atoms with Crippen LogP contribution in [0.1, 0.15) is 30.2 Å². The van der Waals surface area contributed by atoms with Crippen molar-refractivity contribution in [3.63, 3.8) is 0 Å². The number of phenols is 1. The van der Waals surface area contributed by atoms with E-state index in [-0.39, 0.29) is 11.8 Å². The van der Waals surface area contributed by atoms with Gasteiger partial charge in [0.25, 0.3) is 0 Å². The van der Waals surface area contributed by atoms with Gasteiger partial charge in [-0.15, -0.1) is 0 Å². The average Bonchev–Trinajstić information content (AvgIpc) is 2.80. The second-order valence-corrected chi connectivity index (χ2v) is 3.86. The zero-order chi connectivity index (χ0) is 12.3. The number of hydrogen-bond donors (Lipinski definition) is 2. The Kier molecular flexibility index (Phi) is 3.39. The minimum Gasteiger partial charge on any atom is -0.508 e. The van der Waals surface area contributed by atoms with Crippen molar-refractivity contribution in [1.29, 1.82) is 0 Å². The quantitative estimate of drug-likeness (QED) is 0.840. The first-order chi connectivity index (χ1) is 8.20. The van der Waals surface area contributed by atoms with Gasteiger partial charge in [0.05, 0.1) is 6.04 Å². The molecule has 0 aliphatic carbocycles. The van der Waals surface area contributed by atoms with Gasteiger partial charge in [-0.3, -0.25) is 0 Å². The standard InChI is InChI=1S/C12H15N3O2/c1-8(13-2)12-14-11(15-17-12)7-9-5-3-4-6-10(9)16/h3-6,8,13,16H,7H2,1-2H3. The van der Waals surface area contributed by atoms with Gasteiger partial charge in [0.1, 0.15) is 5.75 Å². The van der Waals surface area contributed by atoms with Crippen molar-refractivity contribution < 1.29 is 9.63 Å². The van der Waals surface area contributed by atoms with Crippen LogP contribution in [0, 0.1) is 0 Å². The highest BCUT2D eigenvalue weighted by atomic mass is 16.5. The molecule has 0 radical (unpaired) electrons. The number of hydrogen-bond acceptors (Lipinski definition) is 5. The normalized spacial score (nSPS) is 12.6. The molecule has 0 amide bonds. The maximum atomic E-state index is 9.64. The van der Waals surface area contributed by atoms with Crippen LogP contribution in [-0.2, 0) is 6.42 Å². The minimum atomic E-state index is 0.0284. The van der Waals surface area contributed by atoms with Gasteiger partial charge < -0.3 is 14.9 Å². The van der Waals surface area contributed by atoms with Crippen LogP contribution in [0.4, 0.5) is 0 Å². The molecule has 5 nitrogen and oxygen atoms in total. The zero-order valence-electron chi connectivity index (χ0n) is 9.84. The Bertz CT molecular complexity index is 496. The molecule has 0 saturated heterocycles. The van der Waals surface area contributed by atoms with E-state index in [1.807, 2.05) is 26.1 Å². The van der Waals surface area contributed by atoms with Crippen LogP contribution in [0.15, 0.2) is 28.8 Å². The van der Waals surface area contributed by atoms with Gasteiger partial charge in [-0.1, -0.05) is 23.4 Å². The van der Waals surface area contributed by atoms with Crippen LogP contribution >= 0.6 is 0 Å². The van der Waals surface area contributed by atoms with E-state index in [4.69, 9.17) is 4.52 Å². The maximum absolute atomic E-state index is 9.64. The summed E-state index contributed by atoms with van der Waals surface area (Å²) in [5.74, 6) is 1.38. The Balaban J connectivity index is 2.14. The lowest BCUT2D eigenvalue weighted by Gasteiger charge is -2.01. The molecule has 1 aromatic carbocycles. The Morgan fingerprint density at radius 2 is 2.18 bits per heavy atom. The lowest BCUT2D eigenvalue weighted by atomic mass is 10.1. The molecule has 2 N–H and O–H groups in total. The minimum absolute atomic E-state index is 0.0284. The van der Waals surface area contributed by atoms with Crippen LogP contribution in [-0.4, -0.2) is 22.3 Å². The Hall–Kier alpha value is -1.88. The highest BCUT2D eigenvalue weighted by Crippen LogP contribution is 2.19. The second kappa shape index (κ2) is 4.97. The van der Waals surface area contributed by atoms with Crippen molar-refractivity contribution in [2.75, 3.05) is 7.05 Å². The molecule has 1 unspecified atom stereocenters. The van der Waals surface area contributed by atoms with Crippen LogP contribution < -0.4 is 5.32 Å². The molecule has 2 aromatic rings. The first-order valence-corrected chi connectivity index (χ1v) is 5.47. The first-order valence-electron chi connectivity index (χ1n) is 5.47. The molecule has 0 aliphatic rings. The number of benzene rings is 1. The maximum Gasteiger partial charge on any atom is 0.243 e. The molecular weight excluding hydrogens is 218 g/mol. The second-order valence-electron chi connectivity index (χ2n) is 3.86. The molecule has 1 aromatic heterocycles. The molecule has 1 atom stereocenters. The first kappa shape index (κ1) is 11.6. The molecule has 1 heterocycles. The SMILES string of the molecule is CNC(C)c1nc(Cc2ccccc2O)no1. The Labute approximate surface area is 99.5 Å². The van der Waals surface area contributed by atoms with Crippen LogP contribution in [0.2, 0.25) is 0 Å². The molecule has 0 saturated carbocycles. The van der Waals surface area contributed by atoms with Crippen molar-refractivity contribution >= 4 is 0 Å². The highest BCUT2D eigenvalue weighted by Gasteiger charge is 2.13. The third-order valence-corrected chi connectivity index (χ3v) is 2.63. The van der Waals surface area contributed by atoms with Crippen molar-refractivity contribution in [2.45, 2.75) is 19.4 Å². The fourth-order valence-corrected chi connectivity index (χ4v) is 1.47. The number of phenolic OH excluding ortho intramolecular Hbond substituents is 1. The van der Waals surface area contributed by atoms with Crippen LogP contribution in [0.25, 0.3) is 0 Å². The molecule has 0 spiro atoms. The van der Waals surface area contributed by atoms with Crippen molar-refractivity contribution in [1.82, 2.24) is 15.5 Å². The van der Waals surface area contributed by atoms with E-state index >= 15 is 0 Å². The van der Waals surface area contributed by atoms with E-state index in [1.54, 1.807) is 12.1 Å². The molecule has 0 aliphatic heterocycles. The van der Waals surface area contributed by atoms with Crippen molar-refractivity contribution in [3.8, 4) is 5.75 Å². The Morgan fingerprint density at radius 1 is 1.41 bits per heavy atom. The van der Waals surface area contributed by atoms with Gasteiger partial charge in [0.15, 0.2) is 5.82 Å². The number of para-hydroxylation sites is 1. The topological polar surface area (TPSA) is 71.2 Å². The molecule has 2 rings (SSSR count). The van der Waals surface area contributed by atoms with Crippen LogP contribution in [0.3, 0.4) is 0 Å². The lowest BCUT2D eigenvalue weighted by Crippen LogP contribution is -2.12. The predicted molar refractivity (Wildman–Crippen MR) is 62.7 cm³/mol. The average molecular weight is 233 g/mol. The summed E-state index contributed by atoms with van der Waals surface area (Å²) in [7, 11) is 1.83. The molecule has 0 bridgehead atoms. The van der Waals surface area contributed by atoms with E-state index in [9.17, 15) is 5.11 Å².